The first-order chi connectivity index (χ1) is 14.5. The van der Waals surface area contributed by atoms with Gasteiger partial charge in [0.2, 0.25) is 5.88 Å². The molecule has 0 fully saturated rings. The van der Waals surface area contributed by atoms with Crippen molar-refractivity contribution in [1.82, 2.24) is 29.1 Å². The van der Waals surface area contributed by atoms with E-state index in [0.29, 0.717) is 23.8 Å². The van der Waals surface area contributed by atoms with Gasteiger partial charge in [-0.25, -0.2) is 19.3 Å². The summed E-state index contributed by atoms with van der Waals surface area (Å²) in [5, 5.41) is 0. The normalized spacial score (nSPS) is 11.4. The molecule has 0 bridgehead atoms. The summed E-state index contributed by atoms with van der Waals surface area (Å²) < 4.78 is 23.1. The number of imidazole rings is 1. The Hall–Kier alpha value is -4.01. The Kier molecular flexibility index (Phi) is 4.09. The minimum absolute atomic E-state index is 0.364. The van der Waals surface area contributed by atoms with Crippen LogP contribution < -0.4 is 10.5 Å². The predicted octanol–water partition coefficient (Wildman–Crippen LogP) is 3.25. The van der Waals surface area contributed by atoms with Crippen LogP contribution >= 0.6 is 0 Å². The first-order valence-corrected chi connectivity index (χ1v) is 9.28. The van der Waals surface area contributed by atoms with Crippen LogP contribution in [0.25, 0.3) is 27.9 Å². The molecule has 4 heterocycles. The second-order valence-electron chi connectivity index (χ2n) is 6.98. The van der Waals surface area contributed by atoms with Crippen LogP contribution in [0, 0.1) is 12.7 Å². The molecule has 5 rings (SSSR count). The van der Waals surface area contributed by atoms with Crippen LogP contribution in [0.5, 0.6) is 5.88 Å². The number of aryl methyl sites for hydroxylation is 1. The molecule has 0 atom stereocenters. The lowest BCUT2D eigenvalue weighted by Crippen LogP contribution is -2.04. The van der Waals surface area contributed by atoms with E-state index in [4.69, 9.17) is 10.5 Å². The lowest BCUT2D eigenvalue weighted by molar-refractivity contribution is 0.401. The highest BCUT2D eigenvalue weighted by atomic mass is 19.1. The largest absolute Gasteiger partial charge is 0.479 e. The Morgan fingerprint density at radius 1 is 1.13 bits per heavy atom. The number of hydrogen-bond acceptors (Lipinski definition) is 6. The summed E-state index contributed by atoms with van der Waals surface area (Å²) in [6.07, 6.45) is 5.10. The Labute approximate surface area is 170 Å². The van der Waals surface area contributed by atoms with Crippen LogP contribution in [0.4, 0.5) is 10.1 Å². The minimum atomic E-state index is -0.364. The van der Waals surface area contributed by atoms with E-state index in [1.54, 1.807) is 19.4 Å². The molecule has 4 aromatic heterocycles. The molecule has 150 valence electrons. The molecule has 0 aliphatic heterocycles. The quantitative estimate of drug-likeness (QED) is 0.463. The van der Waals surface area contributed by atoms with Crippen LogP contribution in [0.3, 0.4) is 0 Å². The van der Waals surface area contributed by atoms with Crippen molar-refractivity contribution < 1.29 is 9.13 Å². The molecule has 0 amide bonds. The zero-order valence-corrected chi connectivity index (χ0v) is 16.4. The molecule has 0 saturated heterocycles. The fourth-order valence-corrected chi connectivity index (χ4v) is 3.70. The van der Waals surface area contributed by atoms with Gasteiger partial charge in [0.1, 0.15) is 23.5 Å². The number of pyridine rings is 1. The van der Waals surface area contributed by atoms with Crippen molar-refractivity contribution >= 4 is 27.9 Å². The van der Waals surface area contributed by atoms with Gasteiger partial charge < -0.3 is 19.6 Å². The zero-order valence-electron chi connectivity index (χ0n) is 16.4. The number of ether oxygens (including phenoxy) is 1. The zero-order chi connectivity index (χ0) is 20.8. The predicted molar refractivity (Wildman–Crippen MR) is 111 cm³/mol. The summed E-state index contributed by atoms with van der Waals surface area (Å²) in [6, 6.07) is 8.40. The van der Waals surface area contributed by atoms with Crippen LogP contribution in [0.1, 0.15) is 11.4 Å². The van der Waals surface area contributed by atoms with Crippen LogP contribution in [-0.4, -0.2) is 36.2 Å². The van der Waals surface area contributed by atoms with Crippen molar-refractivity contribution in [2.24, 2.45) is 0 Å². The summed E-state index contributed by atoms with van der Waals surface area (Å²) in [5.74, 6) is 0.887. The monoisotopic (exact) mass is 403 g/mol. The number of fused-ring (bicyclic) bond motifs is 2. The molecule has 0 aliphatic carbocycles. The van der Waals surface area contributed by atoms with Gasteiger partial charge in [-0.1, -0.05) is 0 Å². The first kappa shape index (κ1) is 18.0. The molecule has 0 unspecified atom stereocenters. The molecule has 1 aromatic carbocycles. The van der Waals surface area contributed by atoms with Gasteiger partial charge in [-0.2, -0.15) is 4.98 Å². The maximum absolute atomic E-state index is 13.8. The van der Waals surface area contributed by atoms with E-state index < -0.39 is 0 Å². The van der Waals surface area contributed by atoms with Gasteiger partial charge in [0, 0.05) is 18.4 Å². The lowest BCUT2D eigenvalue weighted by atomic mass is 10.2. The van der Waals surface area contributed by atoms with Crippen LogP contribution in [0.15, 0.2) is 49.1 Å². The van der Waals surface area contributed by atoms with Crippen molar-refractivity contribution in [1.29, 1.82) is 0 Å². The first-order valence-electron chi connectivity index (χ1n) is 9.28. The van der Waals surface area contributed by atoms with Crippen LogP contribution in [0.2, 0.25) is 0 Å². The van der Waals surface area contributed by atoms with E-state index in [0.717, 1.165) is 33.6 Å². The molecule has 30 heavy (non-hydrogen) atoms. The molecule has 0 spiro atoms. The second-order valence-corrected chi connectivity index (χ2v) is 6.98. The van der Waals surface area contributed by atoms with E-state index >= 15 is 0 Å². The number of rotatable bonds is 4. The number of nitrogens with zero attached hydrogens (tertiary/aromatic N) is 6. The maximum Gasteiger partial charge on any atom is 0.241 e. The third-order valence-electron chi connectivity index (χ3n) is 5.01. The number of benzene rings is 1. The topological polar surface area (TPSA) is 96.7 Å². The van der Waals surface area contributed by atoms with Crippen LogP contribution in [-0.2, 0) is 6.54 Å². The fourth-order valence-electron chi connectivity index (χ4n) is 3.70. The van der Waals surface area contributed by atoms with Crippen molar-refractivity contribution in [2.45, 2.75) is 13.5 Å². The van der Waals surface area contributed by atoms with Gasteiger partial charge in [0.15, 0.2) is 5.65 Å². The van der Waals surface area contributed by atoms with E-state index in [-0.39, 0.29) is 5.82 Å². The second kappa shape index (κ2) is 6.80. The number of halogens is 1. The Bertz CT molecular complexity index is 1390. The van der Waals surface area contributed by atoms with Gasteiger partial charge in [-0.05, 0) is 42.8 Å². The van der Waals surface area contributed by atoms with Gasteiger partial charge >= 0.3 is 0 Å². The minimum Gasteiger partial charge on any atom is -0.479 e. The molecule has 9 heteroatoms. The van der Waals surface area contributed by atoms with E-state index in [9.17, 15) is 4.39 Å². The summed E-state index contributed by atoms with van der Waals surface area (Å²) in [5.41, 5.74) is 10.7. The molecule has 0 aliphatic rings. The lowest BCUT2D eigenvalue weighted by Gasteiger charge is -2.10. The van der Waals surface area contributed by atoms with Crippen molar-refractivity contribution in [3.8, 4) is 11.6 Å². The average molecular weight is 403 g/mol. The number of nitrogen functional groups attached to an aromatic ring is 1. The number of nitrogens with two attached hydrogens (primary N) is 1. The van der Waals surface area contributed by atoms with Gasteiger partial charge in [-0.3, -0.25) is 0 Å². The number of methoxy groups -OCH3 is 1. The molecule has 2 N–H and O–H groups in total. The van der Waals surface area contributed by atoms with Gasteiger partial charge in [-0.15, -0.1) is 0 Å². The standard InChI is InChI=1S/C21H18FN7O/c1-12-27-20-18(29(12)10-13-5-14(22)7-15(23)6-13)8-16(9-24-20)28-4-3-17-19(28)21(30-2)26-11-25-17/h3-9,11H,10,23H2,1-2H3. The fraction of sp³-hybridized carbons (Fsp3) is 0.143. The molecule has 8 nitrogen and oxygen atoms in total. The maximum atomic E-state index is 13.8. The van der Waals surface area contributed by atoms with Gasteiger partial charge in [0.05, 0.1) is 30.0 Å². The summed E-state index contributed by atoms with van der Waals surface area (Å²) in [4.78, 5) is 17.6. The molecule has 0 radical (unpaired) electrons. The summed E-state index contributed by atoms with van der Waals surface area (Å²) in [7, 11) is 1.57. The van der Waals surface area contributed by atoms with Crippen molar-refractivity contribution in [3.05, 3.63) is 66.3 Å². The Balaban J connectivity index is 1.66. The summed E-state index contributed by atoms with van der Waals surface area (Å²) >= 11 is 0. The number of anilines is 1. The Morgan fingerprint density at radius 3 is 2.80 bits per heavy atom. The van der Waals surface area contributed by atoms with Gasteiger partial charge in [0.25, 0.3) is 0 Å². The average Bonchev–Trinajstić information content (AvgIpc) is 3.28. The molecular formula is C21H18FN7O. The third kappa shape index (κ3) is 2.91. The smallest absolute Gasteiger partial charge is 0.241 e. The number of aromatic nitrogens is 6. The van der Waals surface area contributed by atoms with E-state index in [1.807, 2.05) is 34.4 Å². The van der Waals surface area contributed by atoms with E-state index in [1.165, 1.54) is 18.5 Å². The molecule has 0 saturated carbocycles. The third-order valence-corrected chi connectivity index (χ3v) is 5.01. The highest BCUT2D eigenvalue weighted by Gasteiger charge is 2.15. The summed E-state index contributed by atoms with van der Waals surface area (Å²) in [6.45, 7) is 2.32. The Morgan fingerprint density at radius 2 is 2.00 bits per heavy atom. The molecule has 5 aromatic rings. The highest BCUT2D eigenvalue weighted by molar-refractivity contribution is 5.83. The van der Waals surface area contributed by atoms with Crippen molar-refractivity contribution in [3.63, 3.8) is 0 Å². The highest BCUT2D eigenvalue weighted by Crippen LogP contribution is 2.27. The SMILES string of the molecule is COc1ncnc2ccn(-c3cnc4nc(C)n(Cc5cc(N)cc(F)c5)c4c3)c12. The molecular weight excluding hydrogens is 385 g/mol. The number of hydrogen-bond donors (Lipinski definition) is 1. The van der Waals surface area contributed by atoms with E-state index in [2.05, 4.69) is 19.9 Å². The van der Waals surface area contributed by atoms with Crippen molar-refractivity contribution in [2.75, 3.05) is 12.8 Å².